The smallest absolute Gasteiger partial charge is 0.136 e. The minimum Gasteiger partial charge on any atom is -0.275 e. The van der Waals surface area contributed by atoms with Gasteiger partial charge in [0, 0.05) is 30.3 Å². The minimum absolute atomic E-state index is 0.123. The number of hydrogen-bond acceptors (Lipinski definition) is 3. The molecule has 17 heavy (non-hydrogen) atoms. The lowest BCUT2D eigenvalue weighted by Crippen LogP contribution is -2.16. The maximum Gasteiger partial charge on any atom is 0.136 e. The van der Waals surface area contributed by atoms with Crippen LogP contribution in [0.1, 0.15) is 26.6 Å². The molecule has 0 radical (unpaired) electrons. The van der Waals surface area contributed by atoms with Crippen molar-refractivity contribution in [3.05, 3.63) is 29.4 Å². The number of rotatable bonds is 1. The highest BCUT2D eigenvalue weighted by atomic mass is 35.5. The van der Waals surface area contributed by atoms with Gasteiger partial charge in [0.05, 0.1) is 11.9 Å². The van der Waals surface area contributed by atoms with Crippen molar-refractivity contribution in [3.8, 4) is 11.3 Å². The lowest BCUT2D eigenvalue weighted by Gasteiger charge is -2.17. The van der Waals surface area contributed by atoms with Gasteiger partial charge in [-0.3, -0.25) is 4.68 Å². The summed E-state index contributed by atoms with van der Waals surface area (Å²) in [6, 6.07) is 1.76. The van der Waals surface area contributed by atoms with E-state index in [0.717, 1.165) is 17.1 Å². The summed E-state index contributed by atoms with van der Waals surface area (Å²) in [5.41, 5.74) is 1.63. The van der Waals surface area contributed by atoms with Gasteiger partial charge in [-0.05, 0) is 0 Å². The largest absolute Gasteiger partial charge is 0.275 e. The van der Waals surface area contributed by atoms with Crippen molar-refractivity contribution >= 4 is 11.6 Å². The Morgan fingerprint density at radius 2 is 1.94 bits per heavy atom. The maximum absolute atomic E-state index is 6.03. The molecule has 4 nitrogen and oxygen atoms in total. The second-order valence-corrected chi connectivity index (χ2v) is 5.44. The molecule has 2 aromatic heterocycles. The van der Waals surface area contributed by atoms with Crippen LogP contribution in [0.25, 0.3) is 11.3 Å². The molecule has 0 bridgehead atoms. The van der Waals surface area contributed by atoms with E-state index in [2.05, 4.69) is 35.8 Å². The number of halogens is 1. The summed E-state index contributed by atoms with van der Waals surface area (Å²) in [6.07, 6.45) is 3.68. The Kier molecular flexibility index (Phi) is 2.91. The van der Waals surface area contributed by atoms with E-state index in [1.165, 1.54) is 0 Å². The Labute approximate surface area is 106 Å². The van der Waals surface area contributed by atoms with Gasteiger partial charge < -0.3 is 0 Å². The predicted molar refractivity (Wildman–Crippen MR) is 67.9 cm³/mol. The molecule has 0 atom stereocenters. The summed E-state index contributed by atoms with van der Waals surface area (Å²) in [6.45, 7) is 6.18. The molecule has 0 fully saturated rings. The molecule has 0 saturated carbocycles. The van der Waals surface area contributed by atoms with E-state index in [1.807, 2.05) is 13.2 Å². The fraction of sp³-hybridized carbons (Fsp3) is 0.417. The van der Waals surface area contributed by atoms with Crippen LogP contribution in [0.5, 0.6) is 0 Å². The van der Waals surface area contributed by atoms with Gasteiger partial charge in [-0.15, -0.1) is 0 Å². The summed E-state index contributed by atoms with van der Waals surface area (Å²) < 4.78 is 1.74. The zero-order chi connectivity index (χ0) is 12.6. The Morgan fingerprint density at radius 1 is 1.24 bits per heavy atom. The highest BCUT2D eigenvalue weighted by molar-refractivity contribution is 6.29. The second-order valence-electron chi connectivity index (χ2n) is 5.05. The van der Waals surface area contributed by atoms with Crippen molar-refractivity contribution in [2.45, 2.75) is 26.2 Å². The fourth-order valence-corrected chi connectivity index (χ4v) is 1.64. The molecular weight excluding hydrogens is 236 g/mol. The molecule has 0 unspecified atom stereocenters. The van der Waals surface area contributed by atoms with Crippen LogP contribution in [-0.2, 0) is 12.5 Å². The van der Waals surface area contributed by atoms with Crippen molar-refractivity contribution in [1.82, 2.24) is 19.7 Å². The summed E-state index contributed by atoms with van der Waals surface area (Å²) in [5.74, 6) is 0.740. The van der Waals surface area contributed by atoms with Gasteiger partial charge in [0.25, 0.3) is 0 Å². The molecule has 0 amide bonds. The fourth-order valence-electron chi connectivity index (χ4n) is 1.45. The quantitative estimate of drug-likeness (QED) is 0.731. The first kappa shape index (κ1) is 12.0. The van der Waals surface area contributed by atoms with Crippen LogP contribution < -0.4 is 0 Å². The molecule has 0 aliphatic rings. The van der Waals surface area contributed by atoms with E-state index < -0.39 is 0 Å². The van der Waals surface area contributed by atoms with Gasteiger partial charge in [0.15, 0.2) is 0 Å². The minimum atomic E-state index is -0.123. The van der Waals surface area contributed by atoms with E-state index >= 15 is 0 Å². The lowest BCUT2D eigenvalue weighted by atomic mass is 9.95. The average molecular weight is 251 g/mol. The van der Waals surface area contributed by atoms with Crippen LogP contribution in [0.15, 0.2) is 18.5 Å². The molecule has 90 valence electrons. The maximum atomic E-state index is 6.03. The standard InChI is InChI=1S/C12H15ClN4/c1-12(2,3)11-15-9(5-10(13)16-11)8-6-14-17(4)7-8/h5-7H,1-4H3. The Bertz CT molecular complexity index is 540. The third kappa shape index (κ3) is 2.64. The predicted octanol–water partition coefficient (Wildman–Crippen LogP) is 2.83. The SMILES string of the molecule is Cn1cc(-c2cc(Cl)nc(C(C)(C)C)n2)cn1. The van der Waals surface area contributed by atoms with Crippen molar-refractivity contribution in [3.63, 3.8) is 0 Å². The molecule has 0 aromatic carbocycles. The van der Waals surface area contributed by atoms with Gasteiger partial charge in [0.1, 0.15) is 11.0 Å². The molecular formula is C12H15ClN4. The van der Waals surface area contributed by atoms with Crippen molar-refractivity contribution in [2.75, 3.05) is 0 Å². The summed E-state index contributed by atoms with van der Waals surface area (Å²) in [5, 5.41) is 4.59. The van der Waals surface area contributed by atoms with Gasteiger partial charge >= 0.3 is 0 Å². The molecule has 0 N–H and O–H groups in total. The van der Waals surface area contributed by atoms with E-state index in [-0.39, 0.29) is 5.41 Å². The lowest BCUT2D eigenvalue weighted by molar-refractivity contribution is 0.546. The molecule has 2 aromatic rings. The average Bonchev–Trinajstić information content (AvgIpc) is 2.62. The van der Waals surface area contributed by atoms with Gasteiger partial charge in [-0.1, -0.05) is 32.4 Å². The van der Waals surface area contributed by atoms with Crippen molar-refractivity contribution in [1.29, 1.82) is 0 Å². The van der Waals surface area contributed by atoms with Crippen molar-refractivity contribution in [2.24, 2.45) is 7.05 Å². The third-order valence-electron chi connectivity index (χ3n) is 2.37. The number of hydrogen-bond donors (Lipinski definition) is 0. The van der Waals surface area contributed by atoms with E-state index in [4.69, 9.17) is 11.6 Å². The van der Waals surface area contributed by atoms with Crippen LogP contribution in [0.4, 0.5) is 0 Å². The zero-order valence-electron chi connectivity index (χ0n) is 10.4. The summed E-state index contributed by atoms with van der Waals surface area (Å²) in [4.78, 5) is 8.80. The molecule has 0 aliphatic carbocycles. The first-order chi connectivity index (χ1) is 7.86. The second kappa shape index (κ2) is 4.11. The van der Waals surface area contributed by atoms with Crippen LogP contribution in [0.2, 0.25) is 5.15 Å². The molecule has 0 spiro atoms. The van der Waals surface area contributed by atoms with Crippen LogP contribution in [0, 0.1) is 0 Å². The van der Waals surface area contributed by atoms with Crippen LogP contribution in [-0.4, -0.2) is 19.7 Å². The van der Waals surface area contributed by atoms with Gasteiger partial charge in [0.2, 0.25) is 0 Å². The highest BCUT2D eigenvalue weighted by Gasteiger charge is 2.19. The molecule has 0 saturated heterocycles. The molecule has 0 aliphatic heterocycles. The Morgan fingerprint density at radius 3 is 2.47 bits per heavy atom. The van der Waals surface area contributed by atoms with Crippen LogP contribution in [0.3, 0.4) is 0 Å². The number of aromatic nitrogens is 4. The molecule has 5 heteroatoms. The number of aryl methyl sites for hydroxylation is 1. The summed E-state index contributed by atoms with van der Waals surface area (Å²) in [7, 11) is 1.87. The van der Waals surface area contributed by atoms with Crippen LogP contribution >= 0.6 is 11.6 Å². The molecule has 2 heterocycles. The normalized spacial score (nSPS) is 11.8. The van der Waals surface area contributed by atoms with Gasteiger partial charge in [-0.25, -0.2) is 9.97 Å². The number of nitrogens with zero attached hydrogens (tertiary/aromatic N) is 4. The van der Waals surface area contributed by atoms with E-state index in [0.29, 0.717) is 5.15 Å². The topological polar surface area (TPSA) is 43.6 Å². The Balaban J connectivity index is 2.52. The Hall–Kier alpha value is -1.42. The molecule has 2 rings (SSSR count). The first-order valence-electron chi connectivity index (χ1n) is 5.40. The zero-order valence-corrected chi connectivity index (χ0v) is 11.2. The third-order valence-corrected chi connectivity index (χ3v) is 2.56. The van der Waals surface area contributed by atoms with E-state index in [1.54, 1.807) is 16.9 Å². The monoisotopic (exact) mass is 250 g/mol. The van der Waals surface area contributed by atoms with E-state index in [9.17, 15) is 0 Å². The summed E-state index contributed by atoms with van der Waals surface area (Å²) >= 11 is 6.03. The first-order valence-corrected chi connectivity index (χ1v) is 5.78. The van der Waals surface area contributed by atoms with Crippen molar-refractivity contribution < 1.29 is 0 Å². The van der Waals surface area contributed by atoms with Gasteiger partial charge in [-0.2, -0.15) is 5.10 Å². The highest BCUT2D eigenvalue weighted by Crippen LogP contribution is 2.24.